The third-order valence-electron chi connectivity index (χ3n) is 3.87. The molecule has 152 valence electrons. The quantitative estimate of drug-likeness (QED) is 0.484. The number of nitrogens with one attached hydrogen (secondary N) is 1. The van der Waals surface area contributed by atoms with Crippen LogP contribution in [-0.4, -0.2) is 20.2 Å². The van der Waals surface area contributed by atoms with Crippen LogP contribution in [0.1, 0.15) is 11.1 Å². The van der Waals surface area contributed by atoms with Gasteiger partial charge in [-0.3, -0.25) is 4.79 Å². The second kappa shape index (κ2) is 8.23. The van der Waals surface area contributed by atoms with Crippen molar-refractivity contribution in [2.45, 2.75) is 17.5 Å². The van der Waals surface area contributed by atoms with Crippen molar-refractivity contribution in [3.63, 3.8) is 0 Å². The number of aromatic nitrogens is 2. The fourth-order valence-electron chi connectivity index (χ4n) is 2.58. The molecule has 0 aliphatic carbocycles. The maximum Gasteiger partial charge on any atom is 0.419 e. The van der Waals surface area contributed by atoms with Gasteiger partial charge in [0, 0.05) is 18.0 Å². The van der Waals surface area contributed by atoms with Crippen LogP contribution in [0.25, 0.3) is 5.69 Å². The number of nitrogens with two attached hydrogens (primary N) is 1. The summed E-state index contributed by atoms with van der Waals surface area (Å²) >= 11 is -2.06. The maximum atomic E-state index is 13.2. The Bertz CT molecular complexity index is 1040. The predicted octanol–water partition coefficient (Wildman–Crippen LogP) is 3.19. The average Bonchev–Trinajstić information content (AvgIpc) is 3.12. The molecule has 11 heteroatoms. The van der Waals surface area contributed by atoms with Gasteiger partial charge in [0.25, 0.3) is 0 Å². The van der Waals surface area contributed by atoms with E-state index in [1.165, 1.54) is 36.4 Å². The first-order valence-electron chi connectivity index (χ1n) is 8.10. The Kier molecular flexibility index (Phi) is 5.91. The first-order chi connectivity index (χ1) is 13.6. The van der Waals surface area contributed by atoms with Gasteiger partial charge in [-0.2, -0.15) is 18.3 Å². The fourth-order valence-corrected chi connectivity index (χ4v) is 3.19. The fraction of sp³-hybridized carbons (Fsp3) is 0.111. The van der Waals surface area contributed by atoms with Gasteiger partial charge in [0.15, 0.2) is 0 Å². The van der Waals surface area contributed by atoms with E-state index in [4.69, 9.17) is 5.14 Å². The molecule has 1 unspecified atom stereocenters. The number of hydrogen-bond acceptors (Lipinski definition) is 4. The predicted molar refractivity (Wildman–Crippen MR) is 97.9 cm³/mol. The third kappa shape index (κ3) is 5.13. The van der Waals surface area contributed by atoms with Gasteiger partial charge in [0.1, 0.15) is 11.5 Å². The summed E-state index contributed by atoms with van der Waals surface area (Å²) in [5.41, 5.74) is -0.215. The van der Waals surface area contributed by atoms with Gasteiger partial charge in [-0.25, -0.2) is 9.07 Å². The summed E-state index contributed by atoms with van der Waals surface area (Å²) in [5.74, 6) is -0.937. The standard InChI is InChI=1S/C18H14F4N4O2S/c19-13-3-1-2-11(6-13)7-17(27)25-14-4-5-15(16(8-14)29(23)28)26-10-12(9-24-26)18(20,21)22/h1-6,8-10H,7,23H2,(H,25,27). The second-order valence-electron chi connectivity index (χ2n) is 6.01. The summed E-state index contributed by atoms with van der Waals surface area (Å²) in [5, 5.41) is 11.6. The smallest absolute Gasteiger partial charge is 0.419 e. The van der Waals surface area contributed by atoms with E-state index in [9.17, 15) is 26.9 Å². The lowest BCUT2D eigenvalue weighted by atomic mass is 10.1. The Morgan fingerprint density at radius 1 is 1.24 bits per heavy atom. The van der Waals surface area contributed by atoms with Crippen molar-refractivity contribution in [3.8, 4) is 5.69 Å². The first-order valence-corrected chi connectivity index (χ1v) is 9.31. The number of anilines is 1. The first kappa shape index (κ1) is 20.8. The zero-order valence-electron chi connectivity index (χ0n) is 14.6. The minimum Gasteiger partial charge on any atom is -0.593 e. The Morgan fingerprint density at radius 3 is 2.62 bits per heavy atom. The van der Waals surface area contributed by atoms with Crippen LogP contribution in [0, 0.1) is 5.82 Å². The SMILES string of the molecule is N[S+]([O-])c1cc(NC(=O)Cc2cccc(F)c2)ccc1-n1cc(C(F)(F)F)cn1. The summed E-state index contributed by atoms with van der Waals surface area (Å²) in [6, 6.07) is 9.56. The molecule has 1 aromatic heterocycles. The Labute approximate surface area is 165 Å². The summed E-state index contributed by atoms with van der Waals surface area (Å²) < 4.78 is 64.3. The molecular weight excluding hydrogens is 412 g/mol. The van der Waals surface area contributed by atoms with Crippen LogP contribution in [0.4, 0.5) is 23.2 Å². The lowest BCUT2D eigenvalue weighted by Gasteiger charge is -2.12. The Hall–Kier alpha value is -2.89. The Balaban J connectivity index is 1.82. The van der Waals surface area contributed by atoms with Crippen molar-refractivity contribution in [2.75, 3.05) is 5.32 Å². The van der Waals surface area contributed by atoms with Crippen LogP contribution in [0.5, 0.6) is 0 Å². The average molecular weight is 426 g/mol. The van der Waals surface area contributed by atoms with Gasteiger partial charge in [-0.05, 0) is 29.8 Å². The highest BCUT2D eigenvalue weighted by Crippen LogP contribution is 2.30. The van der Waals surface area contributed by atoms with Crippen LogP contribution in [0.15, 0.2) is 59.8 Å². The zero-order chi connectivity index (χ0) is 21.2. The maximum absolute atomic E-state index is 13.2. The summed E-state index contributed by atoms with van der Waals surface area (Å²) in [6.07, 6.45) is -3.30. The number of halogens is 4. The van der Waals surface area contributed by atoms with E-state index in [0.29, 0.717) is 11.8 Å². The van der Waals surface area contributed by atoms with Crippen LogP contribution in [0.3, 0.4) is 0 Å². The molecule has 0 spiro atoms. The number of rotatable bonds is 5. The molecule has 1 heterocycles. The molecule has 3 N–H and O–H groups in total. The zero-order valence-corrected chi connectivity index (χ0v) is 15.4. The van der Waals surface area contributed by atoms with Crippen molar-refractivity contribution in [1.82, 2.24) is 9.78 Å². The molecule has 0 aliphatic heterocycles. The molecule has 0 radical (unpaired) electrons. The van der Waals surface area contributed by atoms with Crippen LogP contribution < -0.4 is 10.5 Å². The number of carbonyl (C=O) groups excluding carboxylic acids is 1. The number of carbonyl (C=O) groups is 1. The van der Waals surface area contributed by atoms with E-state index in [0.717, 1.165) is 10.9 Å². The molecular formula is C18H14F4N4O2S. The van der Waals surface area contributed by atoms with Gasteiger partial charge < -0.3 is 9.87 Å². The molecule has 0 fully saturated rings. The third-order valence-corrected chi connectivity index (χ3v) is 4.63. The number of nitrogens with zero attached hydrogens (tertiary/aromatic N) is 2. The van der Waals surface area contributed by atoms with Crippen LogP contribution >= 0.6 is 0 Å². The molecule has 6 nitrogen and oxygen atoms in total. The van der Waals surface area contributed by atoms with Crippen LogP contribution in [-0.2, 0) is 28.8 Å². The van der Waals surface area contributed by atoms with Crippen molar-refractivity contribution in [1.29, 1.82) is 0 Å². The molecule has 1 atom stereocenters. The van der Waals surface area contributed by atoms with Crippen molar-refractivity contribution in [2.24, 2.45) is 5.14 Å². The molecule has 3 aromatic rings. The number of alkyl halides is 3. The topological polar surface area (TPSA) is 96.0 Å². The summed E-state index contributed by atoms with van der Waals surface area (Å²) in [4.78, 5) is 12.1. The lowest BCUT2D eigenvalue weighted by molar-refractivity contribution is -0.137. The molecule has 2 aromatic carbocycles. The number of benzene rings is 2. The van der Waals surface area contributed by atoms with E-state index >= 15 is 0 Å². The molecule has 0 saturated carbocycles. The normalized spacial score (nSPS) is 12.6. The number of hydrogen-bond donors (Lipinski definition) is 2. The van der Waals surface area contributed by atoms with Gasteiger partial charge in [-0.1, -0.05) is 12.1 Å². The summed E-state index contributed by atoms with van der Waals surface area (Å²) in [7, 11) is 0. The van der Waals surface area contributed by atoms with Gasteiger partial charge in [0.2, 0.25) is 10.8 Å². The molecule has 3 rings (SSSR count). The second-order valence-corrected chi connectivity index (χ2v) is 7.04. The largest absolute Gasteiger partial charge is 0.593 e. The van der Waals surface area contributed by atoms with Gasteiger partial charge in [-0.15, -0.1) is 5.14 Å². The van der Waals surface area contributed by atoms with E-state index < -0.39 is 34.8 Å². The minimum absolute atomic E-state index is 0.0228. The molecule has 0 saturated heterocycles. The van der Waals surface area contributed by atoms with E-state index in [1.54, 1.807) is 6.07 Å². The van der Waals surface area contributed by atoms with Crippen LogP contribution in [0.2, 0.25) is 0 Å². The molecule has 0 aliphatic rings. The van der Waals surface area contributed by atoms with E-state index in [2.05, 4.69) is 10.4 Å². The molecule has 0 bridgehead atoms. The van der Waals surface area contributed by atoms with Crippen molar-refractivity contribution < 1.29 is 26.9 Å². The van der Waals surface area contributed by atoms with Crippen molar-refractivity contribution >= 4 is 23.0 Å². The highest BCUT2D eigenvalue weighted by molar-refractivity contribution is 7.89. The molecule has 29 heavy (non-hydrogen) atoms. The van der Waals surface area contributed by atoms with Gasteiger partial charge >= 0.3 is 6.18 Å². The van der Waals surface area contributed by atoms with Crippen molar-refractivity contribution in [3.05, 3.63) is 71.8 Å². The summed E-state index contributed by atoms with van der Waals surface area (Å²) in [6.45, 7) is 0. The monoisotopic (exact) mass is 426 g/mol. The van der Waals surface area contributed by atoms with E-state index in [-0.39, 0.29) is 22.7 Å². The lowest BCUT2D eigenvalue weighted by Crippen LogP contribution is -2.18. The van der Waals surface area contributed by atoms with Gasteiger partial charge in [0.05, 0.1) is 29.5 Å². The molecule has 1 amide bonds. The highest BCUT2D eigenvalue weighted by Gasteiger charge is 2.32. The minimum atomic E-state index is -4.58. The van der Waals surface area contributed by atoms with E-state index in [1.807, 2.05) is 0 Å². The Morgan fingerprint density at radius 2 is 2.00 bits per heavy atom. The number of amides is 1. The highest BCUT2D eigenvalue weighted by atomic mass is 32.2.